The summed E-state index contributed by atoms with van der Waals surface area (Å²) >= 11 is 1.61. The lowest BCUT2D eigenvalue weighted by molar-refractivity contribution is -0.125. The van der Waals surface area contributed by atoms with Crippen molar-refractivity contribution in [3.8, 4) is 11.3 Å². The Morgan fingerprint density at radius 3 is 2.77 bits per heavy atom. The van der Waals surface area contributed by atoms with E-state index in [4.69, 9.17) is 0 Å². The van der Waals surface area contributed by atoms with Gasteiger partial charge in [0.15, 0.2) is 0 Å². The molecule has 0 spiro atoms. The Hall–Kier alpha value is -2.73. The number of nitrogens with one attached hydrogen (secondary N) is 1. The number of amides is 1. The lowest BCUT2D eigenvalue weighted by Gasteiger charge is -2.18. The monoisotopic (exact) mass is 367 g/mol. The molecule has 1 aliphatic heterocycles. The molecule has 0 fully saturated rings. The number of fused-ring (bicyclic) bond motifs is 1. The van der Waals surface area contributed by atoms with E-state index in [0.29, 0.717) is 13.1 Å². The smallest absolute Gasteiger partial charge is 0.246 e. The van der Waals surface area contributed by atoms with Gasteiger partial charge < -0.3 is 4.90 Å². The third-order valence-electron chi connectivity index (χ3n) is 4.58. The average molecular weight is 367 g/mol. The van der Waals surface area contributed by atoms with Crippen LogP contribution in [0, 0.1) is 5.82 Å². The van der Waals surface area contributed by atoms with E-state index >= 15 is 0 Å². The second kappa shape index (κ2) is 7.25. The maximum absolute atomic E-state index is 13.2. The van der Waals surface area contributed by atoms with Crippen molar-refractivity contribution in [1.82, 2.24) is 15.1 Å². The molecule has 0 unspecified atom stereocenters. The number of nitrogens with zero attached hydrogens (tertiary/aromatic N) is 2. The summed E-state index contributed by atoms with van der Waals surface area (Å²) in [6.07, 6.45) is 4.98. The third-order valence-corrected chi connectivity index (χ3v) is 5.42. The van der Waals surface area contributed by atoms with Crippen LogP contribution in [-0.4, -0.2) is 34.1 Å². The molecule has 6 heteroatoms. The third kappa shape index (κ3) is 3.46. The summed E-state index contributed by atoms with van der Waals surface area (Å²) in [6, 6.07) is 10.3. The lowest BCUT2D eigenvalue weighted by atomic mass is 10.0. The minimum atomic E-state index is -0.260. The zero-order valence-electron chi connectivity index (χ0n) is 14.1. The van der Waals surface area contributed by atoms with E-state index < -0.39 is 0 Å². The van der Waals surface area contributed by atoms with Crippen LogP contribution in [0.25, 0.3) is 17.3 Å². The minimum absolute atomic E-state index is 0.0276. The number of aromatic amines is 1. The molecule has 4 rings (SSSR count). The summed E-state index contributed by atoms with van der Waals surface area (Å²) in [7, 11) is 0. The Balaban J connectivity index is 1.49. The number of H-pyrrole nitrogens is 1. The summed E-state index contributed by atoms with van der Waals surface area (Å²) in [5.41, 5.74) is 3.92. The molecule has 0 bridgehead atoms. The Kier molecular flexibility index (Phi) is 4.67. The van der Waals surface area contributed by atoms with Crippen LogP contribution in [0.5, 0.6) is 0 Å². The summed E-state index contributed by atoms with van der Waals surface area (Å²) in [5, 5.41) is 9.50. The highest BCUT2D eigenvalue weighted by molar-refractivity contribution is 7.10. The molecule has 1 aromatic carbocycles. The van der Waals surface area contributed by atoms with Gasteiger partial charge in [0.1, 0.15) is 5.82 Å². The lowest BCUT2D eigenvalue weighted by Crippen LogP contribution is -2.31. The molecule has 2 aromatic heterocycles. The van der Waals surface area contributed by atoms with E-state index in [9.17, 15) is 9.18 Å². The van der Waals surface area contributed by atoms with Gasteiger partial charge in [0.2, 0.25) is 5.91 Å². The number of thiophene rings is 1. The van der Waals surface area contributed by atoms with Crippen molar-refractivity contribution < 1.29 is 9.18 Å². The number of carbonyl (C=O) groups is 1. The second-order valence-corrected chi connectivity index (χ2v) is 7.19. The number of hydrogen-bond acceptors (Lipinski definition) is 3. The maximum atomic E-state index is 13.2. The van der Waals surface area contributed by atoms with E-state index in [2.05, 4.69) is 10.2 Å². The van der Waals surface area contributed by atoms with Crippen LogP contribution < -0.4 is 0 Å². The van der Waals surface area contributed by atoms with E-state index in [1.165, 1.54) is 12.1 Å². The van der Waals surface area contributed by atoms with Crippen LogP contribution >= 0.6 is 11.3 Å². The van der Waals surface area contributed by atoms with Crippen LogP contribution in [0.1, 0.15) is 16.1 Å². The molecule has 132 valence electrons. The highest BCUT2D eigenvalue weighted by atomic mass is 32.1. The molecule has 4 nitrogen and oxygen atoms in total. The molecule has 0 saturated carbocycles. The fourth-order valence-corrected chi connectivity index (χ4v) is 3.81. The molecule has 0 saturated heterocycles. The summed E-state index contributed by atoms with van der Waals surface area (Å²) in [4.78, 5) is 15.4. The van der Waals surface area contributed by atoms with Crippen LogP contribution in [0.2, 0.25) is 0 Å². The Morgan fingerprint density at radius 2 is 2.00 bits per heavy atom. The molecular weight excluding hydrogens is 349 g/mol. The van der Waals surface area contributed by atoms with Gasteiger partial charge in [-0.25, -0.2) is 4.39 Å². The standard InChI is InChI=1S/C20H18FN3OS/c21-15-5-3-14(4-6-15)20-17-9-11-24(12-10-18(17)22-23-20)19(25)8-7-16-2-1-13-26-16/h1-8,13H,9-12H2,(H,22,23)/b8-7+. The van der Waals surface area contributed by atoms with Crippen molar-refractivity contribution in [1.29, 1.82) is 0 Å². The van der Waals surface area contributed by atoms with Gasteiger partial charge in [-0.3, -0.25) is 9.89 Å². The summed E-state index contributed by atoms with van der Waals surface area (Å²) < 4.78 is 13.2. The van der Waals surface area contributed by atoms with Gasteiger partial charge in [-0.1, -0.05) is 6.07 Å². The van der Waals surface area contributed by atoms with Gasteiger partial charge in [0.05, 0.1) is 5.69 Å². The number of aromatic nitrogens is 2. The molecule has 0 radical (unpaired) electrons. The van der Waals surface area contributed by atoms with Crippen molar-refractivity contribution >= 4 is 23.3 Å². The molecule has 26 heavy (non-hydrogen) atoms. The SMILES string of the molecule is O=C(/C=C/c1cccs1)N1CCc2[nH]nc(-c3ccc(F)cc3)c2CC1. The topological polar surface area (TPSA) is 49.0 Å². The summed E-state index contributed by atoms with van der Waals surface area (Å²) in [5.74, 6) is -0.232. The van der Waals surface area contributed by atoms with Crippen molar-refractivity contribution in [2.75, 3.05) is 13.1 Å². The van der Waals surface area contributed by atoms with Crippen molar-refractivity contribution in [3.63, 3.8) is 0 Å². The van der Waals surface area contributed by atoms with Crippen molar-refractivity contribution in [2.45, 2.75) is 12.8 Å². The van der Waals surface area contributed by atoms with E-state index in [1.807, 2.05) is 28.5 Å². The van der Waals surface area contributed by atoms with Gasteiger partial charge in [-0.15, -0.1) is 11.3 Å². The normalized spacial score (nSPS) is 14.4. The van der Waals surface area contributed by atoms with Gasteiger partial charge >= 0.3 is 0 Å². The number of halogens is 1. The zero-order valence-corrected chi connectivity index (χ0v) is 14.9. The quantitative estimate of drug-likeness (QED) is 0.714. The Labute approximate surface area is 155 Å². The van der Waals surface area contributed by atoms with E-state index in [0.717, 1.165) is 40.2 Å². The van der Waals surface area contributed by atoms with Gasteiger partial charge in [-0.05, 0) is 48.2 Å². The molecular formula is C20H18FN3OS. The van der Waals surface area contributed by atoms with Crippen molar-refractivity contribution in [2.24, 2.45) is 0 Å². The zero-order chi connectivity index (χ0) is 17.9. The second-order valence-electron chi connectivity index (χ2n) is 6.21. The molecule has 0 aliphatic carbocycles. The first-order valence-electron chi connectivity index (χ1n) is 8.53. The highest BCUT2D eigenvalue weighted by Crippen LogP contribution is 2.27. The van der Waals surface area contributed by atoms with Crippen LogP contribution in [0.4, 0.5) is 4.39 Å². The number of carbonyl (C=O) groups excluding carboxylic acids is 1. The molecule has 3 aromatic rings. The van der Waals surface area contributed by atoms with Crippen LogP contribution in [-0.2, 0) is 17.6 Å². The highest BCUT2D eigenvalue weighted by Gasteiger charge is 2.22. The summed E-state index contributed by atoms with van der Waals surface area (Å²) in [6.45, 7) is 1.31. The van der Waals surface area contributed by atoms with Crippen LogP contribution in [0.3, 0.4) is 0 Å². The average Bonchev–Trinajstić information content (AvgIpc) is 3.26. The first kappa shape index (κ1) is 16.7. The molecule has 3 heterocycles. The van der Waals surface area contributed by atoms with Crippen molar-refractivity contribution in [3.05, 3.63) is 69.8 Å². The largest absolute Gasteiger partial charge is 0.338 e. The van der Waals surface area contributed by atoms with E-state index in [-0.39, 0.29) is 11.7 Å². The van der Waals surface area contributed by atoms with Crippen LogP contribution in [0.15, 0.2) is 47.9 Å². The molecule has 0 atom stereocenters. The van der Waals surface area contributed by atoms with Gasteiger partial charge in [0.25, 0.3) is 0 Å². The Morgan fingerprint density at radius 1 is 1.19 bits per heavy atom. The van der Waals surface area contributed by atoms with Gasteiger partial charge in [0, 0.05) is 47.3 Å². The molecule has 1 amide bonds. The number of hydrogen-bond donors (Lipinski definition) is 1. The van der Waals surface area contributed by atoms with Gasteiger partial charge in [-0.2, -0.15) is 5.10 Å². The fraction of sp³-hybridized carbons (Fsp3) is 0.200. The first-order chi connectivity index (χ1) is 12.7. The minimum Gasteiger partial charge on any atom is -0.338 e. The maximum Gasteiger partial charge on any atom is 0.246 e. The van der Waals surface area contributed by atoms with E-state index in [1.54, 1.807) is 29.5 Å². The number of benzene rings is 1. The predicted octanol–water partition coefficient (Wildman–Crippen LogP) is 3.92. The number of rotatable bonds is 3. The molecule has 1 N–H and O–H groups in total. The fourth-order valence-electron chi connectivity index (χ4n) is 3.19. The molecule has 1 aliphatic rings. The predicted molar refractivity (Wildman–Crippen MR) is 101 cm³/mol. The first-order valence-corrected chi connectivity index (χ1v) is 9.41. The Bertz CT molecular complexity index is 929.